The molecule has 1 saturated heterocycles. The molecule has 2 N–H and O–H groups in total. The fourth-order valence-electron chi connectivity index (χ4n) is 4.01. The number of hydrogen-bond acceptors (Lipinski definition) is 5. The van der Waals surface area contributed by atoms with Crippen LogP contribution in [0.25, 0.3) is 22.0 Å². The number of amides is 1. The van der Waals surface area contributed by atoms with Gasteiger partial charge in [-0.1, -0.05) is 36.9 Å². The molecule has 0 unspecified atom stereocenters. The van der Waals surface area contributed by atoms with Crippen LogP contribution in [0.15, 0.2) is 66.7 Å². The molecule has 4 rings (SSSR count). The number of alkyl halides is 1. The Morgan fingerprint density at radius 1 is 1.27 bits per heavy atom. The zero-order valence-electron chi connectivity index (χ0n) is 18.5. The number of hydrogen-bond donors (Lipinski definition) is 2. The highest BCUT2D eigenvalue weighted by molar-refractivity contribution is 5.97. The number of halogens is 1. The number of rotatable bonds is 6. The molecule has 6 nitrogen and oxygen atoms in total. The minimum absolute atomic E-state index is 0.260. The van der Waals surface area contributed by atoms with Gasteiger partial charge in [0.25, 0.3) is 5.91 Å². The molecule has 2 heterocycles. The lowest BCUT2D eigenvalue weighted by atomic mass is 10.0. The molecular formula is C26H26FN5O. The van der Waals surface area contributed by atoms with Crippen LogP contribution >= 0.6 is 0 Å². The average molecular weight is 444 g/mol. The summed E-state index contributed by atoms with van der Waals surface area (Å²) in [6, 6.07) is 18.7. The summed E-state index contributed by atoms with van der Waals surface area (Å²) in [4.78, 5) is 19.2. The van der Waals surface area contributed by atoms with Crippen molar-refractivity contribution in [2.45, 2.75) is 18.6 Å². The van der Waals surface area contributed by atoms with Crippen LogP contribution in [0.5, 0.6) is 0 Å². The second-order valence-corrected chi connectivity index (χ2v) is 8.37. The quantitative estimate of drug-likeness (QED) is 0.559. The highest BCUT2D eigenvalue weighted by Crippen LogP contribution is 2.29. The summed E-state index contributed by atoms with van der Waals surface area (Å²) in [6.45, 7) is 5.13. The first kappa shape index (κ1) is 22.4. The van der Waals surface area contributed by atoms with Crippen molar-refractivity contribution in [1.82, 2.24) is 15.2 Å². The van der Waals surface area contributed by atoms with E-state index in [9.17, 15) is 9.18 Å². The van der Waals surface area contributed by atoms with Crippen molar-refractivity contribution in [3.05, 3.63) is 72.4 Å². The number of carbonyl (C=O) groups is 1. The Morgan fingerprint density at radius 3 is 2.88 bits per heavy atom. The largest absolute Gasteiger partial charge is 0.380 e. The second kappa shape index (κ2) is 9.80. The van der Waals surface area contributed by atoms with Gasteiger partial charge >= 0.3 is 0 Å². The van der Waals surface area contributed by atoms with Crippen LogP contribution in [0.3, 0.4) is 0 Å². The van der Waals surface area contributed by atoms with E-state index in [4.69, 9.17) is 5.26 Å². The van der Waals surface area contributed by atoms with Crippen molar-refractivity contribution in [3.8, 4) is 17.3 Å². The minimum Gasteiger partial charge on any atom is -0.380 e. The first-order valence-corrected chi connectivity index (χ1v) is 10.9. The van der Waals surface area contributed by atoms with Crippen LogP contribution in [0.1, 0.15) is 16.9 Å². The predicted molar refractivity (Wildman–Crippen MR) is 129 cm³/mol. The Labute approximate surface area is 192 Å². The van der Waals surface area contributed by atoms with Crippen LogP contribution < -0.4 is 10.6 Å². The van der Waals surface area contributed by atoms with Gasteiger partial charge in [-0.05, 0) is 43.1 Å². The predicted octanol–water partition coefficient (Wildman–Crippen LogP) is 4.17. The number of nitrogens with one attached hydrogen (secondary N) is 2. The van der Waals surface area contributed by atoms with Crippen molar-refractivity contribution in [2.24, 2.45) is 0 Å². The lowest BCUT2D eigenvalue weighted by Crippen LogP contribution is -2.51. The Balaban J connectivity index is 1.57. The number of fused-ring (bicyclic) bond motifs is 1. The van der Waals surface area contributed by atoms with E-state index < -0.39 is 12.2 Å². The third-order valence-electron chi connectivity index (χ3n) is 5.87. The average Bonchev–Trinajstić information content (AvgIpc) is 2.83. The smallest absolute Gasteiger partial charge is 0.270 e. The standard InChI is InChI=1S/C26H26FN5O/c1-17(14-28)15-29-23-7-3-5-18-9-10-19(13-20(18)23)22-6-4-8-25(30-22)26(33)31-24-11-12-32(2)16-21(24)27/h3-10,13,21,24,29H,1,11-12,15-16H2,2H3,(H,31,33)/t21-,24+/m0/s1. The zero-order chi connectivity index (χ0) is 23.4. The zero-order valence-corrected chi connectivity index (χ0v) is 18.5. The summed E-state index contributed by atoms with van der Waals surface area (Å²) in [5.74, 6) is -0.368. The summed E-state index contributed by atoms with van der Waals surface area (Å²) in [7, 11) is 1.87. The van der Waals surface area contributed by atoms with Gasteiger partial charge in [-0.25, -0.2) is 9.37 Å². The van der Waals surface area contributed by atoms with Gasteiger partial charge in [0.05, 0.1) is 17.8 Å². The Morgan fingerprint density at radius 2 is 2.09 bits per heavy atom. The van der Waals surface area contributed by atoms with Crippen molar-refractivity contribution >= 4 is 22.4 Å². The minimum atomic E-state index is -1.10. The number of nitriles is 1. The maximum atomic E-state index is 14.3. The van der Waals surface area contributed by atoms with Crippen LogP contribution in [0.2, 0.25) is 0 Å². The van der Waals surface area contributed by atoms with Crippen molar-refractivity contribution < 1.29 is 9.18 Å². The van der Waals surface area contributed by atoms with Crippen LogP contribution in [0.4, 0.5) is 10.1 Å². The molecule has 0 saturated carbocycles. The monoisotopic (exact) mass is 443 g/mol. The van der Waals surface area contributed by atoms with E-state index in [-0.39, 0.29) is 11.6 Å². The van der Waals surface area contributed by atoms with Crippen molar-refractivity contribution in [3.63, 3.8) is 0 Å². The lowest BCUT2D eigenvalue weighted by Gasteiger charge is -2.32. The maximum Gasteiger partial charge on any atom is 0.270 e. The Kier molecular flexibility index (Phi) is 6.66. The fourth-order valence-corrected chi connectivity index (χ4v) is 4.01. The van der Waals surface area contributed by atoms with E-state index in [0.29, 0.717) is 30.8 Å². The second-order valence-electron chi connectivity index (χ2n) is 8.37. The molecule has 2 aromatic carbocycles. The number of carbonyl (C=O) groups excluding carboxylic acids is 1. The van der Waals surface area contributed by atoms with E-state index in [0.717, 1.165) is 28.6 Å². The number of piperidine rings is 1. The third-order valence-corrected chi connectivity index (χ3v) is 5.87. The van der Waals surface area contributed by atoms with Gasteiger partial charge in [0.1, 0.15) is 11.9 Å². The van der Waals surface area contributed by atoms with Gasteiger partial charge in [-0.3, -0.25) is 4.79 Å². The first-order valence-electron chi connectivity index (χ1n) is 10.9. The van der Waals surface area contributed by atoms with Gasteiger partial charge in [-0.2, -0.15) is 5.26 Å². The van der Waals surface area contributed by atoms with E-state index in [1.54, 1.807) is 12.1 Å². The van der Waals surface area contributed by atoms with Gasteiger partial charge < -0.3 is 15.5 Å². The van der Waals surface area contributed by atoms with Crippen LogP contribution in [0, 0.1) is 11.3 Å². The molecule has 0 aliphatic carbocycles. The summed E-state index contributed by atoms with van der Waals surface area (Å²) < 4.78 is 14.3. The number of anilines is 1. The van der Waals surface area contributed by atoms with Gasteiger partial charge in [0, 0.05) is 41.8 Å². The van der Waals surface area contributed by atoms with E-state index >= 15 is 0 Å². The van der Waals surface area contributed by atoms with Crippen LogP contribution in [-0.2, 0) is 0 Å². The molecule has 0 radical (unpaired) electrons. The van der Waals surface area contributed by atoms with Gasteiger partial charge in [-0.15, -0.1) is 0 Å². The molecule has 33 heavy (non-hydrogen) atoms. The maximum absolute atomic E-state index is 14.3. The van der Waals surface area contributed by atoms with E-state index in [2.05, 4.69) is 22.2 Å². The molecule has 1 aliphatic heterocycles. The molecular weight excluding hydrogens is 417 g/mol. The van der Waals surface area contributed by atoms with Gasteiger partial charge in [0.2, 0.25) is 0 Å². The number of benzene rings is 2. The lowest BCUT2D eigenvalue weighted by molar-refractivity contribution is 0.0817. The molecule has 1 fully saturated rings. The summed E-state index contributed by atoms with van der Waals surface area (Å²) in [5, 5.41) is 17.0. The molecule has 2 atom stereocenters. The van der Waals surface area contributed by atoms with Crippen molar-refractivity contribution in [1.29, 1.82) is 5.26 Å². The number of nitrogens with zero attached hydrogens (tertiary/aromatic N) is 3. The summed E-state index contributed by atoms with van der Waals surface area (Å²) in [6.07, 6.45) is -0.527. The number of likely N-dealkylation sites (tertiary alicyclic amines) is 1. The van der Waals surface area contributed by atoms with E-state index in [1.807, 2.05) is 60.5 Å². The summed E-state index contributed by atoms with van der Waals surface area (Å²) in [5.41, 5.74) is 3.10. The molecule has 1 aliphatic rings. The number of pyridine rings is 1. The molecule has 0 bridgehead atoms. The van der Waals surface area contributed by atoms with Crippen molar-refractivity contribution in [2.75, 3.05) is 32.0 Å². The molecule has 1 aromatic heterocycles. The molecule has 168 valence electrons. The molecule has 3 aromatic rings. The molecule has 0 spiro atoms. The third kappa shape index (κ3) is 5.18. The Hall–Kier alpha value is -3.76. The van der Waals surface area contributed by atoms with E-state index in [1.165, 1.54) is 0 Å². The fraction of sp³-hybridized carbons (Fsp3) is 0.269. The highest BCUT2D eigenvalue weighted by Gasteiger charge is 2.29. The highest BCUT2D eigenvalue weighted by atomic mass is 19.1. The first-order chi connectivity index (χ1) is 15.9. The SMILES string of the molecule is C=C(C#N)CNc1cccc2ccc(-c3cccc(C(=O)N[C@@H]4CCN(C)C[C@@H]4F)n3)cc12. The molecule has 1 amide bonds. The van der Waals surface area contributed by atoms with Crippen LogP contribution in [-0.4, -0.2) is 54.7 Å². The summed E-state index contributed by atoms with van der Waals surface area (Å²) >= 11 is 0. The normalized spacial score (nSPS) is 18.5. The molecule has 7 heteroatoms. The van der Waals surface area contributed by atoms with Gasteiger partial charge in [0.15, 0.2) is 0 Å². The topological polar surface area (TPSA) is 81.0 Å². The number of aromatic nitrogens is 1. The Bertz CT molecular complexity index is 1230.